The summed E-state index contributed by atoms with van der Waals surface area (Å²) in [6.07, 6.45) is 6.85. The third-order valence-corrected chi connectivity index (χ3v) is 4.35. The summed E-state index contributed by atoms with van der Waals surface area (Å²) in [5, 5.41) is 0. The highest BCUT2D eigenvalue weighted by atomic mass is 79.9. The molecule has 0 aliphatic heterocycles. The number of carbonyl (C=O) groups is 1. The molecule has 1 aromatic carbocycles. The molecule has 0 saturated heterocycles. The average molecular weight is 328 g/mol. The van der Waals surface area contributed by atoms with Crippen LogP contribution >= 0.6 is 15.9 Å². The lowest BCUT2D eigenvalue weighted by Gasteiger charge is -2.27. The molecule has 0 atom stereocenters. The Hall–Kier alpha value is -0.900. The first kappa shape index (κ1) is 14.5. The first-order valence-electron chi connectivity index (χ1n) is 6.82. The van der Waals surface area contributed by atoms with E-state index in [4.69, 9.17) is 0 Å². The van der Waals surface area contributed by atoms with Gasteiger partial charge in [0.2, 0.25) is 0 Å². The fourth-order valence-electron chi connectivity index (χ4n) is 2.66. The fourth-order valence-corrected chi connectivity index (χ4v) is 3.00. The Labute approximate surface area is 122 Å². The lowest BCUT2D eigenvalue weighted by Crippen LogP contribution is -2.37. The van der Waals surface area contributed by atoms with Gasteiger partial charge in [0.25, 0.3) is 5.91 Å². The summed E-state index contributed by atoms with van der Waals surface area (Å²) in [6, 6.07) is 4.85. The van der Waals surface area contributed by atoms with Gasteiger partial charge in [-0.1, -0.05) is 41.6 Å². The summed E-state index contributed by atoms with van der Waals surface area (Å²) in [5.41, 5.74) is 0.162. The van der Waals surface area contributed by atoms with Crippen molar-refractivity contribution in [2.24, 2.45) is 0 Å². The average Bonchev–Trinajstić information content (AvgIpc) is 2.66. The summed E-state index contributed by atoms with van der Waals surface area (Å²) in [7, 11) is 1.79. The van der Waals surface area contributed by atoms with Gasteiger partial charge < -0.3 is 4.90 Å². The molecule has 1 saturated carbocycles. The van der Waals surface area contributed by atoms with Gasteiger partial charge in [-0.25, -0.2) is 4.39 Å². The maximum absolute atomic E-state index is 13.8. The Morgan fingerprint density at radius 3 is 2.47 bits per heavy atom. The SMILES string of the molecule is CN(C(=O)c1ccc(Br)cc1F)C1CCCCCC1. The van der Waals surface area contributed by atoms with Gasteiger partial charge in [0.05, 0.1) is 5.56 Å². The lowest BCUT2D eigenvalue weighted by molar-refractivity contribution is 0.0713. The van der Waals surface area contributed by atoms with Crippen LogP contribution in [0.25, 0.3) is 0 Å². The zero-order chi connectivity index (χ0) is 13.8. The Bertz CT molecular complexity index is 455. The zero-order valence-electron chi connectivity index (χ0n) is 11.2. The molecule has 2 nitrogen and oxygen atoms in total. The van der Waals surface area contributed by atoms with E-state index in [1.54, 1.807) is 24.1 Å². The van der Waals surface area contributed by atoms with Crippen LogP contribution in [-0.2, 0) is 0 Å². The third-order valence-electron chi connectivity index (χ3n) is 3.85. The minimum absolute atomic E-state index is 0.162. The minimum atomic E-state index is -0.458. The van der Waals surface area contributed by atoms with Crippen LogP contribution in [0.1, 0.15) is 48.9 Å². The number of benzene rings is 1. The highest BCUT2D eigenvalue weighted by Crippen LogP contribution is 2.23. The quantitative estimate of drug-likeness (QED) is 0.738. The van der Waals surface area contributed by atoms with Crippen LogP contribution in [0.2, 0.25) is 0 Å². The molecule has 0 N–H and O–H groups in total. The third kappa shape index (κ3) is 3.56. The number of rotatable bonds is 2. The smallest absolute Gasteiger partial charge is 0.256 e. The first-order valence-corrected chi connectivity index (χ1v) is 7.61. The summed E-state index contributed by atoms with van der Waals surface area (Å²) in [6.45, 7) is 0. The highest BCUT2D eigenvalue weighted by molar-refractivity contribution is 9.10. The molecule has 0 heterocycles. The van der Waals surface area contributed by atoms with E-state index in [0.29, 0.717) is 4.47 Å². The standard InChI is InChI=1S/C15H19BrFNO/c1-18(12-6-4-2-3-5-7-12)15(19)13-9-8-11(16)10-14(13)17/h8-10,12H,2-7H2,1H3. The number of hydrogen-bond donors (Lipinski definition) is 0. The summed E-state index contributed by atoms with van der Waals surface area (Å²) < 4.78 is 14.5. The first-order chi connectivity index (χ1) is 9.09. The van der Waals surface area contributed by atoms with Crippen LogP contribution in [0.15, 0.2) is 22.7 Å². The second kappa shape index (κ2) is 6.51. The minimum Gasteiger partial charge on any atom is -0.339 e. The van der Waals surface area contributed by atoms with Crippen molar-refractivity contribution < 1.29 is 9.18 Å². The molecule has 2 rings (SSSR count). The van der Waals surface area contributed by atoms with E-state index in [-0.39, 0.29) is 17.5 Å². The van der Waals surface area contributed by atoms with Crippen LogP contribution in [0.5, 0.6) is 0 Å². The van der Waals surface area contributed by atoms with Gasteiger partial charge in [0.15, 0.2) is 0 Å². The number of halogens is 2. The molecular weight excluding hydrogens is 309 g/mol. The Kier molecular flexibility index (Phi) is 4.97. The molecule has 4 heteroatoms. The van der Waals surface area contributed by atoms with Crippen LogP contribution in [-0.4, -0.2) is 23.9 Å². The van der Waals surface area contributed by atoms with Crippen molar-refractivity contribution in [3.05, 3.63) is 34.1 Å². The van der Waals surface area contributed by atoms with Crippen molar-refractivity contribution in [1.29, 1.82) is 0 Å². The van der Waals surface area contributed by atoms with E-state index in [1.165, 1.54) is 18.9 Å². The number of nitrogens with zero attached hydrogens (tertiary/aromatic N) is 1. The van der Waals surface area contributed by atoms with E-state index >= 15 is 0 Å². The second-order valence-corrected chi connectivity index (χ2v) is 6.10. The van der Waals surface area contributed by atoms with Crippen molar-refractivity contribution >= 4 is 21.8 Å². The monoisotopic (exact) mass is 327 g/mol. The summed E-state index contributed by atoms with van der Waals surface area (Å²) in [5.74, 6) is -0.670. The van der Waals surface area contributed by atoms with Gasteiger partial charge in [-0.05, 0) is 31.0 Å². The highest BCUT2D eigenvalue weighted by Gasteiger charge is 2.24. The predicted octanol–water partition coefficient (Wildman–Crippen LogP) is 4.38. The van der Waals surface area contributed by atoms with Crippen LogP contribution < -0.4 is 0 Å². The number of carbonyl (C=O) groups excluding carboxylic acids is 1. The van der Waals surface area contributed by atoms with Crippen LogP contribution in [0.3, 0.4) is 0 Å². The lowest BCUT2D eigenvalue weighted by atomic mass is 10.1. The van der Waals surface area contributed by atoms with Crippen LogP contribution in [0.4, 0.5) is 4.39 Å². The molecule has 1 aromatic rings. The molecule has 0 bridgehead atoms. The van der Waals surface area contributed by atoms with E-state index in [2.05, 4.69) is 15.9 Å². The molecule has 1 fully saturated rings. The molecule has 0 aromatic heterocycles. The number of hydrogen-bond acceptors (Lipinski definition) is 1. The topological polar surface area (TPSA) is 20.3 Å². The van der Waals surface area contributed by atoms with Gasteiger partial charge >= 0.3 is 0 Å². The van der Waals surface area contributed by atoms with E-state index < -0.39 is 5.82 Å². The molecule has 1 amide bonds. The second-order valence-electron chi connectivity index (χ2n) is 5.19. The molecule has 0 spiro atoms. The van der Waals surface area contributed by atoms with Crippen molar-refractivity contribution in [2.45, 2.75) is 44.6 Å². The van der Waals surface area contributed by atoms with E-state index in [0.717, 1.165) is 25.7 Å². The predicted molar refractivity (Wildman–Crippen MR) is 77.7 cm³/mol. The maximum atomic E-state index is 13.8. The molecule has 0 radical (unpaired) electrons. The Morgan fingerprint density at radius 1 is 1.26 bits per heavy atom. The molecule has 0 unspecified atom stereocenters. The number of amides is 1. The van der Waals surface area contributed by atoms with E-state index in [9.17, 15) is 9.18 Å². The van der Waals surface area contributed by atoms with E-state index in [1.807, 2.05) is 0 Å². The van der Waals surface area contributed by atoms with Crippen molar-refractivity contribution in [2.75, 3.05) is 7.05 Å². The van der Waals surface area contributed by atoms with Gasteiger partial charge in [0, 0.05) is 17.6 Å². The fraction of sp³-hybridized carbons (Fsp3) is 0.533. The largest absolute Gasteiger partial charge is 0.339 e. The Morgan fingerprint density at radius 2 is 1.89 bits per heavy atom. The summed E-state index contributed by atoms with van der Waals surface area (Å²) >= 11 is 3.20. The zero-order valence-corrected chi connectivity index (χ0v) is 12.7. The van der Waals surface area contributed by atoms with Crippen molar-refractivity contribution in [3.8, 4) is 0 Å². The summed E-state index contributed by atoms with van der Waals surface area (Å²) in [4.78, 5) is 14.1. The van der Waals surface area contributed by atoms with Crippen LogP contribution in [0, 0.1) is 5.82 Å². The maximum Gasteiger partial charge on any atom is 0.256 e. The van der Waals surface area contributed by atoms with Gasteiger partial charge in [-0.3, -0.25) is 4.79 Å². The molecule has 19 heavy (non-hydrogen) atoms. The van der Waals surface area contributed by atoms with Crippen molar-refractivity contribution in [1.82, 2.24) is 4.90 Å². The molecule has 104 valence electrons. The molecular formula is C15H19BrFNO. The Balaban J connectivity index is 2.13. The molecule has 1 aliphatic rings. The van der Waals surface area contributed by atoms with Gasteiger partial charge in [-0.15, -0.1) is 0 Å². The molecule has 1 aliphatic carbocycles. The van der Waals surface area contributed by atoms with Crippen molar-refractivity contribution in [3.63, 3.8) is 0 Å². The van der Waals surface area contributed by atoms with Gasteiger partial charge in [-0.2, -0.15) is 0 Å². The van der Waals surface area contributed by atoms with Gasteiger partial charge in [0.1, 0.15) is 5.82 Å². The normalized spacial score (nSPS) is 17.0.